The quantitative estimate of drug-likeness (QED) is 0.440. The lowest BCUT2D eigenvalue weighted by Gasteiger charge is -2.29. The van der Waals surface area contributed by atoms with E-state index in [1.54, 1.807) is 32.3 Å². The minimum Gasteiger partial charge on any atom is -0.394 e. The van der Waals surface area contributed by atoms with Crippen LogP contribution in [0.15, 0.2) is 36.7 Å². The average molecular weight is 449 g/mol. The van der Waals surface area contributed by atoms with E-state index >= 15 is 0 Å². The summed E-state index contributed by atoms with van der Waals surface area (Å²) in [5, 5.41) is 23.6. The number of aromatic nitrogens is 4. The van der Waals surface area contributed by atoms with E-state index in [-0.39, 0.29) is 23.6 Å². The van der Waals surface area contributed by atoms with Gasteiger partial charge in [-0.25, -0.2) is 4.98 Å². The van der Waals surface area contributed by atoms with Crippen molar-refractivity contribution in [3.05, 3.63) is 59.2 Å². The number of anilines is 1. The summed E-state index contributed by atoms with van der Waals surface area (Å²) in [7, 11) is 0. The van der Waals surface area contributed by atoms with E-state index in [1.165, 1.54) is 5.56 Å². The van der Waals surface area contributed by atoms with Gasteiger partial charge in [-0.15, -0.1) is 0 Å². The van der Waals surface area contributed by atoms with Crippen LogP contribution in [-0.2, 0) is 19.4 Å². The van der Waals surface area contributed by atoms with E-state index in [0.717, 1.165) is 41.8 Å². The number of hydrogen-bond donors (Lipinski definition) is 4. The molecule has 174 valence electrons. The molecule has 8 heteroatoms. The van der Waals surface area contributed by atoms with Crippen molar-refractivity contribution >= 4 is 11.7 Å². The minimum absolute atomic E-state index is 0.173. The Bertz CT molecular complexity index is 1140. The van der Waals surface area contributed by atoms with Crippen LogP contribution < -0.4 is 10.6 Å². The van der Waals surface area contributed by atoms with Gasteiger partial charge in [-0.05, 0) is 62.3 Å². The molecular formula is C25H32N6O2. The molecule has 8 nitrogen and oxygen atoms in total. The summed E-state index contributed by atoms with van der Waals surface area (Å²) >= 11 is 0. The second-order valence-corrected chi connectivity index (χ2v) is 10.2. The van der Waals surface area contributed by atoms with Crippen molar-refractivity contribution in [1.29, 1.82) is 0 Å². The average Bonchev–Trinajstić information content (AvgIpc) is 3.19. The van der Waals surface area contributed by atoms with E-state index in [1.807, 2.05) is 18.2 Å². The Morgan fingerprint density at radius 2 is 2.12 bits per heavy atom. The number of carbonyl (C=O) groups excluding carboxylic acids is 1. The minimum atomic E-state index is -0.755. The molecule has 0 unspecified atom stereocenters. The SMILES string of the molecule is CC1(C)CCc2c(-c3cc(NCc4cccnc4)nc(C(=O)NC(C)(C)CO)c3)n[nH]c2C1. The summed E-state index contributed by atoms with van der Waals surface area (Å²) in [5.74, 6) is 0.238. The lowest BCUT2D eigenvalue weighted by atomic mass is 9.76. The molecule has 0 radical (unpaired) electrons. The number of pyridine rings is 2. The van der Waals surface area contributed by atoms with Crippen LogP contribution in [0.4, 0.5) is 5.82 Å². The zero-order valence-electron chi connectivity index (χ0n) is 19.7. The number of hydrogen-bond acceptors (Lipinski definition) is 6. The molecule has 0 bridgehead atoms. The Morgan fingerprint density at radius 3 is 2.85 bits per heavy atom. The molecule has 1 aliphatic carbocycles. The van der Waals surface area contributed by atoms with E-state index in [2.05, 4.69) is 44.6 Å². The number of aliphatic hydroxyl groups is 1. The Kier molecular flexibility index (Phi) is 6.21. The monoisotopic (exact) mass is 448 g/mol. The molecule has 3 aromatic rings. The number of amides is 1. The summed E-state index contributed by atoms with van der Waals surface area (Å²) in [6.45, 7) is 8.43. The van der Waals surface area contributed by atoms with Crippen LogP contribution in [0.25, 0.3) is 11.3 Å². The number of carbonyl (C=O) groups is 1. The van der Waals surface area contributed by atoms with Gasteiger partial charge in [0.25, 0.3) is 5.91 Å². The highest BCUT2D eigenvalue weighted by molar-refractivity contribution is 5.94. The number of fused-ring (bicyclic) bond motifs is 1. The predicted molar refractivity (Wildman–Crippen MR) is 128 cm³/mol. The van der Waals surface area contributed by atoms with Gasteiger partial charge >= 0.3 is 0 Å². The maximum absolute atomic E-state index is 13.0. The van der Waals surface area contributed by atoms with Crippen LogP contribution >= 0.6 is 0 Å². The number of aromatic amines is 1. The van der Waals surface area contributed by atoms with Gasteiger partial charge in [-0.3, -0.25) is 14.9 Å². The zero-order valence-corrected chi connectivity index (χ0v) is 19.7. The Balaban J connectivity index is 1.69. The number of nitrogens with one attached hydrogen (secondary N) is 3. The molecule has 0 saturated carbocycles. The lowest BCUT2D eigenvalue weighted by Crippen LogP contribution is -2.46. The first-order valence-electron chi connectivity index (χ1n) is 11.3. The first-order chi connectivity index (χ1) is 15.7. The fourth-order valence-corrected chi connectivity index (χ4v) is 4.07. The molecular weight excluding hydrogens is 416 g/mol. The summed E-state index contributed by atoms with van der Waals surface area (Å²) in [6.07, 6.45) is 6.50. The van der Waals surface area contributed by atoms with Gasteiger partial charge in [0, 0.05) is 35.8 Å². The van der Waals surface area contributed by atoms with Crippen LogP contribution in [0.2, 0.25) is 0 Å². The highest BCUT2D eigenvalue weighted by Gasteiger charge is 2.30. The fourth-order valence-electron chi connectivity index (χ4n) is 4.07. The fraction of sp³-hybridized carbons (Fsp3) is 0.440. The van der Waals surface area contributed by atoms with Crippen LogP contribution in [0, 0.1) is 5.41 Å². The number of rotatable bonds is 7. The molecule has 0 spiro atoms. The van der Waals surface area contributed by atoms with Gasteiger partial charge in [0.05, 0.1) is 17.8 Å². The van der Waals surface area contributed by atoms with Gasteiger partial charge < -0.3 is 15.7 Å². The first-order valence-corrected chi connectivity index (χ1v) is 11.3. The summed E-state index contributed by atoms with van der Waals surface area (Å²) in [6, 6.07) is 7.57. The molecule has 1 amide bonds. The van der Waals surface area contributed by atoms with Crippen molar-refractivity contribution in [3.8, 4) is 11.3 Å². The van der Waals surface area contributed by atoms with Gasteiger partial charge in [0.1, 0.15) is 11.5 Å². The lowest BCUT2D eigenvalue weighted by molar-refractivity contribution is 0.0864. The van der Waals surface area contributed by atoms with E-state index in [0.29, 0.717) is 12.4 Å². The highest BCUT2D eigenvalue weighted by Crippen LogP contribution is 2.38. The molecule has 4 rings (SSSR count). The summed E-state index contributed by atoms with van der Waals surface area (Å²) in [5.41, 5.74) is 4.84. The molecule has 3 aromatic heterocycles. The smallest absolute Gasteiger partial charge is 0.270 e. The van der Waals surface area contributed by atoms with E-state index < -0.39 is 5.54 Å². The predicted octanol–water partition coefficient (Wildman–Crippen LogP) is 3.49. The molecule has 0 aliphatic heterocycles. The van der Waals surface area contributed by atoms with Crippen molar-refractivity contribution in [2.45, 2.75) is 59.0 Å². The van der Waals surface area contributed by atoms with Crippen molar-refractivity contribution in [2.75, 3.05) is 11.9 Å². The largest absolute Gasteiger partial charge is 0.394 e. The molecule has 0 fully saturated rings. The molecule has 0 aromatic carbocycles. The van der Waals surface area contributed by atoms with Crippen molar-refractivity contribution in [3.63, 3.8) is 0 Å². The second kappa shape index (κ2) is 8.94. The van der Waals surface area contributed by atoms with Gasteiger partial charge in [-0.2, -0.15) is 5.10 Å². The number of aliphatic hydroxyl groups excluding tert-OH is 1. The Labute approximate surface area is 194 Å². The van der Waals surface area contributed by atoms with Gasteiger partial charge in [0.15, 0.2) is 0 Å². The Hall–Kier alpha value is -3.26. The molecule has 0 atom stereocenters. The van der Waals surface area contributed by atoms with Crippen molar-refractivity contribution in [2.24, 2.45) is 5.41 Å². The summed E-state index contributed by atoms with van der Waals surface area (Å²) < 4.78 is 0. The Morgan fingerprint density at radius 1 is 1.30 bits per heavy atom. The van der Waals surface area contributed by atoms with Crippen LogP contribution in [0.5, 0.6) is 0 Å². The normalized spacial score (nSPS) is 15.1. The van der Waals surface area contributed by atoms with E-state index in [9.17, 15) is 9.90 Å². The first kappa shape index (κ1) is 22.9. The van der Waals surface area contributed by atoms with Crippen molar-refractivity contribution < 1.29 is 9.90 Å². The van der Waals surface area contributed by atoms with Gasteiger partial charge in [-0.1, -0.05) is 19.9 Å². The molecule has 3 heterocycles. The maximum Gasteiger partial charge on any atom is 0.270 e. The van der Waals surface area contributed by atoms with Crippen LogP contribution in [0.3, 0.4) is 0 Å². The van der Waals surface area contributed by atoms with Crippen LogP contribution in [0.1, 0.15) is 61.4 Å². The second-order valence-electron chi connectivity index (χ2n) is 10.2. The molecule has 0 saturated heterocycles. The standard InChI is InChI=1S/C25H32N6O2/c1-24(2)8-7-18-20(12-24)30-31-22(18)17-10-19(23(33)29-25(3,4)15-32)28-21(11-17)27-14-16-6-5-9-26-13-16/h5-6,9-11,13,32H,7-8,12,14-15H2,1-4H3,(H,27,28)(H,29,33)(H,30,31). The molecule has 33 heavy (non-hydrogen) atoms. The third-order valence-corrected chi connectivity index (χ3v) is 6.03. The molecule has 1 aliphatic rings. The van der Waals surface area contributed by atoms with Crippen LogP contribution in [-0.4, -0.2) is 43.3 Å². The highest BCUT2D eigenvalue weighted by atomic mass is 16.3. The third kappa shape index (κ3) is 5.39. The maximum atomic E-state index is 13.0. The third-order valence-electron chi connectivity index (χ3n) is 6.03. The molecule has 4 N–H and O–H groups in total. The van der Waals surface area contributed by atoms with E-state index in [4.69, 9.17) is 0 Å². The number of H-pyrrole nitrogens is 1. The van der Waals surface area contributed by atoms with Gasteiger partial charge in [0.2, 0.25) is 0 Å². The topological polar surface area (TPSA) is 116 Å². The number of nitrogens with zero attached hydrogens (tertiary/aromatic N) is 3. The zero-order chi connectivity index (χ0) is 23.6. The summed E-state index contributed by atoms with van der Waals surface area (Å²) in [4.78, 5) is 21.7. The van der Waals surface area contributed by atoms with Crippen molar-refractivity contribution in [1.82, 2.24) is 25.5 Å².